The normalized spacial score (nSPS) is 14.0. The molecule has 1 fully saturated rings. The van der Waals surface area contributed by atoms with Crippen molar-refractivity contribution in [3.8, 4) is 11.5 Å². The van der Waals surface area contributed by atoms with Gasteiger partial charge in [0.1, 0.15) is 22.7 Å². The molecule has 1 atom stereocenters. The Labute approximate surface area is 250 Å². The van der Waals surface area contributed by atoms with Crippen molar-refractivity contribution in [1.29, 1.82) is 0 Å². The minimum absolute atomic E-state index is 0.00704. The maximum absolute atomic E-state index is 13.0. The Morgan fingerprint density at radius 1 is 1.10 bits per heavy atom. The Bertz CT molecular complexity index is 1500. The third-order valence-electron chi connectivity index (χ3n) is 6.22. The molecule has 1 unspecified atom stereocenters. The SMILES string of the molecule is Nc1ccc(CS(=O)(=O)NCC(=O)OC(Cc2c(Cl)c[n+]([O-])cc2Cl)c2ccc(OC(F)F)c(OCC3CC3)c2)cc1. The summed E-state index contributed by atoms with van der Waals surface area (Å²) in [5.74, 6) is -1.26. The Hall–Kier alpha value is -3.39. The van der Waals surface area contributed by atoms with Crippen LogP contribution in [0.3, 0.4) is 0 Å². The quantitative estimate of drug-likeness (QED) is 0.112. The van der Waals surface area contributed by atoms with Gasteiger partial charge in [0, 0.05) is 17.7 Å². The van der Waals surface area contributed by atoms with Gasteiger partial charge < -0.3 is 25.2 Å². The zero-order chi connectivity index (χ0) is 30.4. The van der Waals surface area contributed by atoms with Crippen LogP contribution in [-0.2, 0) is 31.7 Å². The lowest BCUT2D eigenvalue weighted by molar-refractivity contribution is -0.605. The molecule has 0 radical (unpaired) electrons. The number of anilines is 1. The van der Waals surface area contributed by atoms with Crippen molar-refractivity contribution in [2.45, 2.75) is 37.7 Å². The minimum atomic E-state index is -3.93. The number of hydrogen-bond donors (Lipinski definition) is 2. The molecule has 15 heteroatoms. The molecule has 1 aromatic heterocycles. The Balaban J connectivity index is 1.56. The summed E-state index contributed by atoms with van der Waals surface area (Å²) in [4.78, 5) is 12.9. The highest BCUT2D eigenvalue weighted by Crippen LogP contribution is 2.37. The molecule has 226 valence electrons. The van der Waals surface area contributed by atoms with E-state index in [-0.39, 0.29) is 40.1 Å². The number of carbonyl (C=O) groups is 1. The molecule has 1 saturated carbocycles. The lowest BCUT2D eigenvalue weighted by Crippen LogP contribution is -2.32. The summed E-state index contributed by atoms with van der Waals surface area (Å²) in [5, 5.41) is 11.7. The molecule has 2 aromatic carbocycles. The van der Waals surface area contributed by atoms with Gasteiger partial charge in [-0.05, 0) is 54.2 Å². The van der Waals surface area contributed by atoms with E-state index >= 15 is 0 Å². The summed E-state index contributed by atoms with van der Waals surface area (Å²) in [6.45, 7) is -3.53. The molecular formula is C27H27Cl2F2N3O7S. The fourth-order valence-corrected chi connectivity index (χ4v) is 5.59. The van der Waals surface area contributed by atoms with E-state index in [0.29, 0.717) is 27.5 Å². The fourth-order valence-electron chi connectivity index (χ4n) is 3.92. The number of halogens is 4. The predicted octanol–water partition coefficient (Wildman–Crippen LogP) is 4.55. The van der Waals surface area contributed by atoms with Gasteiger partial charge in [0.05, 0.1) is 12.4 Å². The number of pyridine rings is 1. The number of aromatic nitrogens is 1. The number of benzene rings is 2. The number of ether oxygens (including phenoxy) is 3. The minimum Gasteiger partial charge on any atom is -0.619 e. The van der Waals surface area contributed by atoms with E-state index in [2.05, 4.69) is 9.46 Å². The van der Waals surface area contributed by atoms with Crippen molar-refractivity contribution in [2.75, 3.05) is 18.9 Å². The van der Waals surface area contributed by atoms with E-state index in [9.17, 15) is 27.2 Å². The number of nitrogens with zero attached hydrogens (tertiary/aromatic N) is 1. The van der Waals surface area contributed by atoms with Gasteiger partial charge in [-0.2, -0.15) is 13.5 Å². The summed E-state index contributed by atoms with van der Waals surface area (Å²) < 4.78 is 69.7. The molecule has 1 aliphatic rings. The summed E-state index contributed by atoms with van der Waals surface area (Å²) in [6.07, 6.45) is 2.75. The first-order chi connectivity index (χ1) is 19.9. The summed E-state index contributed by atoms with van der Waals surface area (Å²) in [7, 11) is -3.93. The molecule has 1 aliphatic carbocycles. The Morgan fingerprint density at radius 3 is 2.38 bits per heavy atom. The highest BCUT2D eigenvalue weighted by Gasteiger charge is 2.27. The zero-order valence-electron chi connectivity index (χ0n) is 22.0. The van der Waals surface area contributed by atoms with E-state index in [1.807, 2.05) is 0 Å². The number of hydrogen-bond acceptors (Lipinski definition) is 8. The number of alkyl halides is 2. The van der Waals surface area contributed by atoms with Crippen molar-refractivity contribution in [2.24, 2.45) is 5.92 Å². The average molecular weight is 646 g/mol. The predicted molar refractivity (Wildman–Crippen MR) is 151 cm³/mol. The number of esters is 1. The van der Waals surface area contributed by atoms with Gasteiger partial charge in [0.2, 0.25) is 10.0 Å². The molecule has 0 spiro atoms. The number of sulfonamides is 1. The molecule has 42 heavy (non-hydrogen) atoms. The lowest BCUT2D eigenvalue weighted by Gasteiger charge is -2.21. The van der Waals surface area contributed by atoms with Crippen LogP contribution in [0.1, 0.15) is 35.6 Å². The van der Waals surface area contributed by atoms with Crippen molar-refractivity contribution >= 4 is 44.9 Å². The van der Waals surface area contributed by atoms with Crippen LogP contribution in [0.2, 0.25) is 10.0 Å². The molecule has 0 saturated heterocycles. The second-order valence-corrected chi connectivity index (χ2v) is 12.3. The molecule has 4 rings (SSSR count). The van der Waals surface area contributed by atoms with Crippen molar-refractivity contribution in [3.63, 3.8) is 0 Å². The second-order valence-electron chi connectivity index (χ2n) is 9.64. The average Bonchev–Trinajstić information content (AvgIpc) is 3.74. The zero-order valence-corrected chi connectivity index (χ0v) is 24.3. The van der Waals surface area contributed by atoms with Crippen molar-refractivity contribution in [3.05, 3.63) is 86.8 Å². The van der Waals surface area contributed by atoms with Crippen molar-refractivity contribution < 1.29 is 40.9 Å². The molecular weight excluding hydrogens is 619 g/mol. The van der Waals surface area contributed by atoms with E-state index in [4.69, 9.17) is 38.4 Å². The van der Waals surface area contributed by atoms with Gasteiger partial charge in [-0.3, -0.25) is 4.79 Å². The Morgan fingerprint density at radius 2 is 1.76 bits per heavy atom. The molecule has 1 heterocycles. The van der Waals surface area contributed by atoms with Gasteiger partial charge in [-0.25, -0.2) is 13.1 Å². The van der Waals surface area contributed by atoms with E-state index in [1.165, 1.54) is 18.2 Å². The van der Waals surface area contributed by atoms with Crippen LogP contribution in [0.4, 0.5) is 14.5 Å². The van der Waals surface area contributed by atoms with Crippen molar-refractivity contribution in [1.82, 2.24) is 4.72 Å². The molecule has 10 nitrogen and oxygen atoms in total. The van der Waals surface area contributed by atoms with Gasteiger partial charge in [0.15, 0.2) is 23.9 Å². The molecule has 0 bridgehead atoms. The highest BCUT2D eigenvalue weighted by atomic mass is 35.5. The van der Waals surface area contributed by atoms with Gasteiger partial charge in [-0.1, -0.05) is 41.4 Å². The van der Waals surface area contributed by atoms with Gasteiger partial charge in [0.25, 0.3) is 0 Å². The largest absolute Gasteiger partial charge is 0.619 e. The monoisotopic (exact) mass is 645 g/mol. The van der Waals surface area contributed by atoms with Crippen LogP contribution in [0.5, 0.6) is 11.5 Å². The summed E-state index contributed by atoms with van der Waals surface area (Å²) in [5.41, 5.74) is 7.12. The molecule has 3 N–H and O–H groups in total. The third kappa shape index (κ3) is 9.31. The number of nitrogens with two attached hydrogens (primary N) is 1. The summed E-state index contributed by atoms with van der Waals surface area (Å²) in [6, 6.07) is 10.2. The van der Waals surface area contributed by atoms with Gasteiger partial charge in [-0.15, -0.1) is 0 Å². The Kier molecular flexibility index (Phi) is 10.3. The lowest BCUT2D eigenvalue weighted by atomic mass is 10.0. The van der Waals surface area contributed by atoms with Crippen LogP contribution >= 0.6 is 23.2 Å². The molecule has 0 amide bonds. The second kappa shape index (κ2) is 13.7. The number of nitrogen functional groups attached to an aromatic ring is 1. The van der Waals surface area contributed by atoms with E-state index < -0.39 is 41.0 Å². The summed E-state index contributed by atoms with van der Waals surface area (Å²) >= 11 is 12.5. The highest BCUT2D eigenvalue weighted by molar-refractivity contribution is 7.88. The van der Waals surface area contributed by atoms with Crippen LogP contribution < -0.4 is 24.7 Å². The number of nitrogens with one attached hydrogen (secondary N) is 1. The van der Waals surface area contributed by atoms with E-state index in [0.717, 1.165) is 25.2 Å². The van der Waals surface area contributed by atoms with Crippen LogP contribution in [0.15, 0.2) is 54.9 Å². The molecule has 0 aliphatic heterocycles. The van der Waals surface area contributed by atoms with Crippen LogP contribution in [0.25, 0.3) is 0 Å². The number of carbonyl (C=O) groups excluding carboxylic acids is 1. The first kappa shape index (κ1) is 31.5. The van der Waals surface area contributed by atoms with Crippen LogP contribution in [0, 0.1) is 11.1 Å². The number of rotatable bonds is 14. The van der Waals surface area contributed by atoms with E-state index in [1.54, 1.807) is 24.3 Å². The van der Waals surface area contributed by atoms with Gasteiger partial charge >= 0.3 is 12.6 Å². The topological polar surface area (TPSA) is 144 Å². The molecule has 3 aromatic rings. The maximum Gasteiger partial charge on any atom is 0.387 e. The van der Waals surface area contributed by atoms with Crippen LogP contribution in [-0.4, -0.2) is 34.2 Å². The maximum atomic E-state index is 13.0. The smallest absolute Gasteiger partial charge is 0.387 e. The fraction of sp³-hybridized carbons (Fsp3) is 0.333. The first-order valence-electron chi connectivity index (χ1n) is 12.7. The standard InChI is InChI=1S/C27H27Cl2F2N3O7S/c28-21-12-34(36)13-22(29)20(21)10-24(18-5-8-23(41-27(30)31)25(9-18)39-14-16-1-2-16)40-26(35)11-33-42(37,38)15-17-3-6-19(32)7-4-17/h3-9,12-13,16,24,27,33H,1-2,10-11,14-15,32H2. The first-order valence-corrected chi connectivity index (χ1v) is 15.1. The third-order valence-corrected chi connectivity index (χ3v) is 8.17.